The first kappa shape index (κ1) is 33.6. The predicted octanol–water partition coefficient (Wildman–Crippen LogP) is 9.59. The molecule has 6 aliphatic carbocycles. The Morgan fingerprint density at radius 3 is 2.26 bits per heavy atom. The topological polar surface area (TPSA) is 66.4 Å². The number of hydrogen-bond acceptors (Lipinski definition) is 3. The zero-order chi connectivity index (χ0) is 33.9. The van der Waals surface area contributed by atoms with Crippen LogP contribution in [0.4, 0.5) is 0 Å². The van der Waals surface area contributed by atoms with Gasteiger partial charge in [-0.3, -0.25) is 9.59 Å². The standard InChI is InChI=1S/C42H58ClNO3/c1-24-21-33(46)39(6,7)30-15-17-40(8)29-16-18-41(22-25(2)37(47)44-42(19-20-42)26-9-11-27(43)12-10-26)23-32(45)36(38(3,4)5)35(41)28(29)13-14-31(40)34(24)30/h9-12,22,24,28-31,33-34,46H,13-21,23H2,1-8H3,(H,44,47)/b25-22+/t24?,28-,29+,30+,31+,33-,34-,40-,41+/m0/s1. The Bertz CT molecular complexity index is 1530. The molecule has 1 unspecified atom stereocenters. The average Bonchev–Trinajstić information content (AvgIpc) is 3.69. The molecule has 256 valence electrons. The van der Waals surface area contributed by atoms with Crippen molar-refractivity contribution in [1.29, 1.82) is 0 Å². The minimum Gasteiger partial charge on any atom is -0.393 e. The van der Waals surface area contributed by atoms with Crippen LogP contribution in [0.2, 0.25) is 5.02 Å². The van der Waals surface area contributed by atoms with E-state index in [2.05, 4.69) is 59.9 Å². The maximum Gasteiger partial charge on any atom is 0.247 e. The van der Waals surface area contributed by atoms with Gasteiger partial charge in [0.05, 0.1) is 11.6 Å². The molecule has 1 amide bonds. The Balaban J connectivity index is 1.22. The van der Waals surface area contributed by atoms with Gasteiger partial charge >= 0.3 is 0 Å². The Hall–Kier alpha value is -1.91. The largest absolute Gasteiger partial charge is 0.393 e. The van der Waals surface area contributed by atoms with Crippen LogP contribution in [0.5, 0.6) is 0 Å². The predicted molar refractivity (Wildman–Crippen MR) is 190 cm³/mol. The smallest absolute Gasteiger partial charge is 0.247 e. The number of fused-ring (bicyclic) bond motifs is 7. The van der Waals surface area contributed by atoms with E-state index in [0.717, 1.165) is 55.2 Å². The van der Waals surface area contributed by atoms with Crippen molar-refractivity contribution in [2.45, 2.75) is 131 Å². The van der Waals surface area contributed by atoms with E-state index in [0.29, 0.717) is 52.7 Å². The number of amides is 1. The first-order valence-corrected chi connectivity index (χ1v) is 19.1. The lowest BCUT2D eigenvalue weighted by atomic mass is 9.39. The minimum atomic E-state index is -0.371. The zero-order valence-corrected chi connectivity index (χ0v) is 30.9. The van der Waals surface area contributed by atoms with Crippen molar-refractivity contribution in [2.75, 3.05) is 0 Å². The molecule has 2 N–H and O–H groups in total. The molecule has 4 nitrogen and oxygen atoms in total. The Morgan fingerprint density at radius 2 is 1.62 bits per heavy atom. The van der Waals surface area contributed by atoms with E-state index in [9.17, 15) is 14.7 Å². The third-order valence-electron chi connectivity index (χ3n) is 14.9. The Morgan fingerprint density at radius 1 is 0.957 bits per heavy atom. The summed E-state index contributed by atoms with van der Waals surface area (Å²) in [6.07, 6.45) is 12.1. The van der Waals surface area contributed by atoms with E-state index in [-0.39, 0.29) is 39.2 Å². The van der Waals surface area contributed by atoms with Gasteiger partial charge in [0.25, 0.3) is 0 Å². The van der Waals surface area contributed by atoms with E-state index >= 15 is 0 Å². The number of benzene rings is 1. The second-order valence-electron chi connectivity index (χ2n) is 18.9. The summed E-state index contributed by atoms with van der Waals surface area (Å²) in [7, 11) is 0. The van der Waals surface area contributed by atoms with Gasteiger partial charge < -0.3 is 10.4 Å². The van der Waals surface area contributed by atoms with Crippen LogP contribution in [0.15, 0.2) is 47.1 Å². The number of ketones is 1. The Kier molecular flexibility index (Phi) is 7.89. The first-order valence-electron chi connectivity index (χ1n) is 18.7. The number of nitrogens with one attached hydrogen (secondary N) is 1. The Labute approximate surface area is 288 Å². The van der Waals surface area contributed by atoms with Crippen molar-refractivity contribution in [2.24, 2.45) is 57.2 Å². The quantitative estimate of drug-likeness (QED) is 0.316. The molecular formula is C42H58ClNO3. The molecule has 47 heavy (non-hydrogen) atoms. The molecule has 9 atom stereocenters. The highest BCUT2D eigenvalue weighted by atomic mass is 35.5. The third kappa shape index (κ3) is 5.16. The number of aliphatic hydroxyl groups is 1. The van der Waals surface area contributed by atoms with Crippen LogP contribution in [0.25, 0.3) is 0 Å². The van der Waals surface area contributed by atoms with Crippen molar-refractivity contribution < 1.29 is 14.7 Å². The van der Waals surface area contributed by atoms with Gasteiger partial charge in [-0.25, -0.2) is 0 Å². The average molecular weight is 660 g/mol. The molecule has 0 aromatic heterocycles. The number of allylic oxidation sites excluding steroid dienone is 3. The summed E-state index contributed by atoms with van der Waals surface area (Å²) in [5.74, 6) is 3.65. The second-order valence-corrected chi connectivity index (χ2v) is 19.3. The SMILES string of the molecule is C/C(=C\[C@@]12CC[C@@H]3[C@H](CC[C@@H]4[C@H]5C(C)C[C@H](O)C(C)(C)[C@@H]5CC[C@]43C)C1=C(C(C)(C)C)C(=O)C2)C(=O)NC1(c2ccc(Cl)cc2)CC1. The molecule has 1 aromatic rings. The normalized spacial score (nSPS) is 40.6. The molecule has 5 fully saturated rings. The van der Waals surface area contributed by atoms with Crippen LogP contribution in [0, 0.1) is 57.2 Å². The van der Waals surface area contributed by atoms with E-state index in [1.165, 1.54) is 24.8 Å². The molecule has 7 rings (SSSR count). The van der Waals surface area contributed by atoms with Gasteiger partial charge in [0.15, 0.2) is 5.78 Å². The molecule has 0 aliphatic heterocycles. The molecule has 0 radical (unpaired) electrons. The summed E-state index contributed by atoms with van der Waals surface area (Å²) < 4.78 is 0. The molecule has 0 spiro atoms. The summed E-state index contributed by atoms with van der Waals surface area (Å²) in [6.45, 7) is 18.3. The van der Waals surface area contributed by atoms with Crippen molar-refractivity contribution >= 4 is 23.3 Å². The number of hydrogen-bond donors (Lipinski definition) is 2. The summed E-state index contributed by atoms with van der Waals surface area (Å²) in [4.78, 5) is 28.0. The fourth-order valence-corrected chi connectivity index (χ4v) is 12.5. The van der Waals surface area contributed by atoms with Gasteiger partial charge in [-0.1, -0.05) is 78.3 Å². The van der Waals surface area contributed by atoms with Crippen molar-refractivity contribution in [3.8, 4) is 0 Å². The fraction of sp³-hybridized carbons (Fsp3) is 0.714. The summed E-state index contributed by atoms with van der Waals surface area (Å²) in [6, 6.07) is 7.86. The fourth-order valence-electron chi connectivity index (χ4n) is 12.4. The van der Waals surface area contributed by atoms with Crippen LogP contribution in [0.1, 0.15) is 125 Å². The van der Waals surface area contributed by atoms with Gasteiger partial charge in [0.2, 0.25) is 5.91 Å². The number of Topliss-reactive ketones (excluding diaryl/α,β-unsaturated/α-hetero) is 1. The number of halogens is 1. The number of carbonyl (C=O) groups excluding carboxylic acids is 2. The lowest BCUT2D eigenvalue weighted by Crippen LogP contribution is -2.60. The molecule has 0 bridgehead atoms. The van der Waals surface area contributed by atoms with Crippen LogP contribution in [-0.2, 0) is 15.1 Å². The van der Waals surface area contributed by atoms with Gasteiger partial charge in [-0.2, -0.15) is 0 Å². The summed E-state index contributed by atoms with van der Waals surface area (Å²) in [5.41, 5.74) is 3.57. The molecule has 0 heterocycles. The minimum absolute atomic E-state index is 0.0185. The van der Waals surface area contributed by atoms with Crippen LogP contribution < -0.4 is 5.32 Å². The van der Waals surface area contributed by atoms with Crippen molar-refractivity contribution in [3.05, 3.63) is 57.6 Å². The van der Waals surface area contributed by atoms with Gasteiger partial charge in [-0.05, 0) is 140 Å². The van der Waals surface area contributed by atoms with E-state index < -0.39 is 0 Å². The number of aliphatic hydroxyl groups excluding tert-OH is 1. The highest BCUT2D eigenvalue weighted by Gasteiger charge is 2.64. The third-order valence-corrected chi connectivity index (χ3v) is 15.1. The van der Waals surface area contributed by atoms with Crippen LogP contribution in [0.3, 0.4) is 0 Å². The summed E-state index contributed by atoms with van der Waals surface area (Å²) >= 11 is 6.16. The first-order chi connectivity index (χ1) is 21.9. The van der Waals surface area contributed by atoms with Crippen LogP contribution in [-0.4, -0.2) is 22.9 Å². The van der Waals surface area contributed by atoms with E-state index in [4.69, 9.17) is 11.6 Å². The molecule has 1 aromatic carbocycles. The molecule has 0 saturated heterocycles. The second kappa shape index (κ2) is 11.0. The van der Waals surface area contributed by atoms with Gasteiger partial charge in [-0.15, -0.1) is 0 Å². The molecule has 5 saturated carbocycles. The van der Waals surface area contributed by atoms with Gasteiger partial charge in [0.1, 0.15) is 0 Å². The van der Waals surface area contributed by atoms with Crippen molar-refractivity contribution in [3.63, 3.8) is 0 Å². The highest BCUT2D eigenvalue weighted by molar-refractivity contribution is 6.30. The molecule has 6 aliphatic rings. The lowest BCUT2D eigenvalue weighted by molar-refractivity contribution is -0.175. The zero-order valence-electron chi connectivity index (χ0n) is 30.1. The van der Waals surface area contributed by atoms with Crippen molar-refractivity contribution in [1.82, 2.24) is 5.32 Å². The monoisotopic (exact) mass is 659 g/mol. The number of rotatable bonds is 4. The van der Waals surface area contributed by atoms with Gasteiger partial charge in [0, 0.05) is 28.0 Å². The summed E-state index contributed by atoms with van der Waals surface area (Å²) in [5, 5.41) is 15.2. The number of carbonyl (C=O) groups is 2. The molecular weight excluding hydrogens is 602 g/mol. The lowest BCUT2D eigenvalue weighted by Gasteiger charge is -2.66. The van der Waals surface area contributed by atoms with E-state index in [1.807, 2.05) is 31.2 Å². The molecule has 5 heteroatoms. The maximum absolute atomic E-state index is 14.1. The van der Waals surface area contributed by atoms with Crippen LogP contribution >= 0.6 is 11.6 Å². The van der Waals surface area contributed by atoms with E-state index in [1.54, 1.807) is 0 Å². The highest BCUT2D eigenvalue weighted by Crippen LogP contribution is 2.70. The maximum atomic E-state index is 14.1.